The van der Waals surface area contributed by atoms with Crippen molar-refractivity contribution in [2.75, 3.05) is 6.26 Å². The van der Waals surface area contributed by atoms with Gasteiger partial charge in [-0.15, -0.1) is 0 Å². The lowest BCUT2D eigenvalue weighted by atomic mass is 9.61. The normalized spacial score (nSPS) is 25.0. The fourth-order valence-electron chi connectivity index (χ4n) is 3.86. The van der Waals surface area contributed by atoms with E-state index < -0.39 is 0 Å². The predicted octanol–water partition coefficient (Wildman–Crippen LogP) is 4.92. The second kappa shape index (κ2) is 8.33. The third-order valence-corrected chi connectivity index (χ3v) is 6.12. The fraction of sp³-hybridized carbons (Fsp3) is 0.789. The van der Waals surface area contributed by atoms with E-state index in [4.69, 9.17) is 0 Å². The van der Waals surface area contributed by atoms with Gasteiger partial charge in [-0.05, 0) is 43.8 Å². The lowest BCUT2D eigenvalue weighted by Gasteiger charge is -2.43. The van der Waals surface area contributed by atoms with Gasteiger partial charge in [0.25, 0.3) is 0 Å². The van der Waals surface area contributed by atoms with Crippen molar-refractivity contribution in [3.63, 3.8) is 0 Å². The number of aldehydes is 1. The molecule has 0 bridgehead atoms. The van der Waals surface area contributed by atoms with Gasteiger partial charge in [-0.25, -0.2) is 0 Å². The standard InChI is InChI=1S/C19H32O2S/c1-13(12-20)10-16(17(21)11-15(3)22-6)18-14(2)8-7-9-19(18,4)5/h8,12-13,15-16,18H,7,9-11H2,1-6H3. The number of allylic oxidation sites excluding steroid dienone is 2. The van der Waals surface area contributed by atoms with Crippen LogP contribution in [0.2, 0.25) is 0 Å². The monoisotopic (exact) mass is 324 g/mol. The van der Waals surface area contributed by atoms with Crippen LogP contribution in [0.1, 0.15) is 60.3 Å². The quantitative estimate of drug-likeness (QED) is 0.469. The molecule has 2 nitrogen and oxygen atoms in total. The number of hydrogen-bond acceptors (Lipinski definition) is 3. The van der Waals surface area contributed by atoms with Gasteiger partial charge in [0.1, 0.15) is 12.1 Å². The van der Waals surface area contributed by atoms with Crippen molar-refractivity contribution in [3.8, 4) is 0 Å². The molecule has 0 radical (unpaired) electrons. The number of thioether (sulfide) groups is 1. The van der Waals surface area contributed by atoms with Gasteiger partial charge >= 0.3 is 0 Å². The predicted molar refractivity (Wildman–Crippen MR) is 96.2 cm³/mol. The van der Waals surface area contributed by atoms with Crippen LogP contribution in [0, 0.1) is 23.2 Å². The van der Waals surface area contributed by atoms with Gasteiger partial charge in [0, 0.05) is 23.5 Å². The zero-order chi connectivity index (χ0) is 16.9. The zero-order valence-electron chi connectivity index (χ0n) is 15.0. The number of carbonyl (C=O) groups excluding carboxylic acids is 2. The topological polar surface area (TPSA) is 34.1 Å². The average molecular weight is 325 g/mol. The molecule has 0 spiro atoms. The molecule has 3 heteroatoms. The molecule has 0 heterocycles. The molecule has 0 aromatic heterocycles. The van der Waals surface area contributed by atoms with Crippen LogP contribution in [0.3, 0.4) is 0 Å². The van der Waals surface area contributed by atoms with Crippen molar-refractivity contribution < 1.29 is 9.59 Å². The van der Waals surface area contributed by atoms with Gasteiger partial charge in [0.05, 0.1) is 0 Å². The van der Waals surface area contributed by atoms with Crippen molar-refractivity contribution >= 4 is 23.8 Å². The second-order valence-corrected chi connectivity index (χ2v) is 8.90. The van der Waals surface area contributed by atoms with E-state index in [2.05, 4.69) is 40.0 Å². The van der Waals surface area contributed by atoms with Crippen LogP contribution in [0.5, 0.6) is 0 Å². The minimum Gasteiger partial charge on any atom is -0.303 e. The first-order valence-electron chi connectivity index (χ1n) is 8.40. The maximum atomic E-state index is 12.9. The lowest BCUT2D eigenvalue weighted by molar-refractivity contribution is -0.126. The summed E-state index contributed by atoms with van der Waals surface area (Å²) in [6.07, 6.45) is 8.84. The van der Waals surface area contributed by atoms with Gasteiger partial charge in [-0.2, -0.15) is 11.8 Å². The van der Waals surface area contributed by atoms with Crippen molar-refractivity contribution in [3.05, 3.63) is 11.6 Å². The van der Waals surface area contributed by atoms with Gasteiger partial charge in [-0.1, -0.05) is 39.3 Å². The van der Waals surface area contributed by atoms with Crippen LogP contribution in [0.15, 0.2) is 11.6 Å². The van der Waals surface area contributed by atoms with Crippen LogP contribution in [-0.4, -0.2) is 23.6 Å². The highest BCUT2D eigenvalue weighted by molar-refractivity contribution is 7.99. The van der Waals surface area contributed by atoms with E-state index in [1.54, 1.807) is 11.8 Å². The third kappa shape index (κ3) is 4.97. The van der Waals surface area contributed by atoms with Crippen molar-refractivity contribution in [2.24, 2.45) is 23.2 Å². The Hall–Kier alpha value is -0.570. The van der Waals surface area contributed by atoms with Crippen molar-refractivity contribution in [2.45, 2.75) is 65.6 Å². The molecule has 0 aromatic rings. The largest absolute Gasteiger partial charge is 0.303 e. The summed E-state index contributed by atoms with van der Waals surface area (Å²) in [7, 11) is 0. The molecule has 126 valence electrons. The van der Waals surface area contributed by atoms with Gasteiger partial charge in [0.2, 0.25) is 0 Å². The molecule has 0 fully saturated rings. The van der Waals surface area contributed by atoms with E-state index in [0.29, 0.717) is 23.9 Å². The van der Waals surface area contributed by atoms with Gasteiger partial charge < -0.3 is 4.79 Å². The van der Waals surface area contributed by atoms with Gasteiger partial charge in [0.15, 0.2) is 0 Å². The SMILES string of the molecule is CSC(C)CC(=O)C(CC(C)C=O)C1C(C)=CCCC1(C)C. The summed E-state index contributed by atoms with van der Waals surface area (Å²) in [6, 6.07) is 0. The molecule has 22 heavy (non-hydrogen) atoms. The van der Waals surface area contributed by atoms with Crippen molar-refractivity contribution in [1.29, 1.82) is 0 Å². The molecule has 0 N–H and O–H groups in total. The number of carbonyl (C=O) groups is 2. The smallest absolute Gasteiger partial charge is 0.137 e. The molecule has 0 saturated heterocycles. The van der Waals surface area contributed by atoms with E-state index in [-0.39, 0.29) is 23.2 Å². The third-order valence-electron chi connectivity index (χ3n) is 5.15. The molecule has 0 saturated carbocycles. The summed E-state index contributed by atoms with van der Waals surface area (Å²) < 4.78 is 0. The summed E-state index contributed by atoms with van der Waals surface area (Å²) in [5.41, 5.74) is 1.47. The molecule has 1 rings (SSSR count). The maximum absolute atomic E-state index is 12.9. The first-order valence-corrected chi connectivity index (χ1v) is 9.69. The molecule has 1 aliphatic rings. The van der Waals surface area contributed by atoms with E-state index in [1.807, 2.05) is 6.92 Å². The number of Topliss-reactive ketones (excluding diaryl/α,β-unsaturated/α-hetero) is 1. The minimum absolute atomic E-state index is 0.0265. The lowest BCUT2D eigenvalue weighted by Crippen LogP contribution is -2.39. The second-order valence-electron chi connectivity index (χ2n) is 7.63. The summed E-state index contributed by atoms with van der Waals surface area (Å²) >= 11 is 1.74. The molecule has 0 aromatic carbocycles. The highest BCUT2D eigenvalue weighted by Crippen LogP contribution is 2.47. The molecule has 4 atom stereocenters. The Balaban J connectivity index is 3.07. The molecular weight excluding hydrogens is 292 g/mol. The molecule has 0 amide bonds. The van der Waals surface area contributed by atoms with Crippen LogP contribution >= 0.6 is 11.8 Å². The van der Waals surface area contributed by atoms with E-state index in [9.17, 15) is 9.59 Å². The van der Waals surface area contributed by atoms with E-state index in [0.717, 1.165) is 19.1 Å². The molecule has 1 aliphatic carbocycles. The summed E-state index contributed by atoms with van der Waals surface area (Å²) in [5, 5.41) is 0.345. The van der Waals surface area contributed by atoms with Gasteiger partial charge in [-0.3, -0.25) is 4.79 Å². The molecule has 4 unspecified atom stereocenters. The van der Waals surface area contributed by atoms with Crippen LogP contribution in [-0.2, 0) is 9.59 Å². The van der Waals surface area contributed by atoms with E-state index >= 15 is 0 Å². The van der Waals surface area contributed by atoms with Crippen LogP contribution in [0.4, 0.5) is 0 Å². The Morgan fingerprint density at radius 2 is 2.09 bits per heavy atom. The Kier molecular flexibility index (Phi) is 7.37. The summed E-state index contributed by atoms with van der Waals surface area (Å²) in [6.45, 7) is 10.8. The summed E-state index contributed by atoms with van der Waals surface area (Å²) in [5.74, 6) is 0.527. The number of rotatable bonds is 8. The molecular formula is C19H32O2S. The minimum atomic E-state index is -0.0518. The number of ketones is 1. The van der Waals surface area contributed by atoms with Crippen molar-refractivity contribution in [1.82, 2.24) is 0 Å². The molecule has 0 aliphatic heterocycles. The van der Waals surface area contributed by atoms with E-state index in [1.165, 1.54) is 5.57 Å². The highest BCUT2D eigenvalue weighted by atomic mass is 32.2. The average Bonchev–Trinajstić information content (AvgIpc) is 2.44. The highest BCUT2D eigenvalue weighted by Gasteiger charge is 2.41. The first-order chi connectivity index (χ1) is 10.2. The Labute approximate surface area is 140 Å². The maximum Gasteiger partial charge on any atom is 0.137 e. The Bertz CT molecular complexity index is 425. The number of hydrogen-bond donors (Lipinski definition) is 0. The Morgan fingerprint density at radius 3 is 2.59 bits per heavy atom. The Morgan fingerprint density at radius 1 is 1.45 bits per heavy atom. The first kappa shape index (κ1) is 19.5. The summed E-state index contributed by atoms with van der Waals surface area (Å²) in [4.78, 5) is 24.1. The zero-order valence-corrected chi connectivity index (χ0v) is 15.8. The fourth-order valence-corrected chi connectivity index (χ4v) is 4.19. The van der Waals surface area contributed by atoms with Crippen LogP contribution < -0.4 is 0 Å². The van der Waals surface area contributed by atoms with Crippen LogP contribution in [0.25, 0.3) is 0 Å².